The van der Waals surface area contributed by atoms with Crippen molar-refractivity contribution >= 4 is 5.82 Å². The van der Waals surface area contributed by atoms with Crippen LogP contribution in [0.1, 0.15) is 31.5 Å². The smallest absolute Gasteiger partial charge is 0.226 e. The molecule has 0 amide bonds. The summed E-state index contributed by atoms with van der Waals surface area (Å²) in [6.45, 7) is 4.55. The van der Waals surface area contributed by atoms with E-state index in [1.807, 2.05) is 19.1 Å². The number of hydrogen-bond acceptors (Lipinski definition) is 7. The van der Waals surface area contributed by atoms with E-state index in [1.165, 1.54) is 6.42 Å². The Balaban J connectivity index is 1.52. The number of nitrogens with one attached hydrogen (secondary N) is 1. The summed E-state index contributed by atoms with van der Waals surface area (Å²) < 4.78 is 5.10. The summed E-state index contributed by atoms with van der Waals surface area (Å²) in [5.74, 6) is 2.36. The second-order valence-corrected chi connectivity index (χ2v) is 5.16. The zero-order valence-electron chi connectivity index (χ0n) is 12.2. The molecule has 2 aromatic rings. The molecule has 3 rings (SSSR count). The monoisotopic (exact) mass is 288 g/mol. The summed E-state index contributed by atoms with van der Waals surface area (Å²) in [4.78, 5) is 6.61. The molecule has 0 spiro atoms. The van der Waals surface area contributed by atoms with Gasteiger partial charge in [0.25, 0.3) is 0 Å². The first kappa shape index (κ1) is 13.9. The average molecular weight is 288 g/mol. The van der Waals surface area contributed by atoms with Gasteiger partial charge in [-0.1, -0.05) is 12.1 Å². The van der Waals surface area contributed by atoms with Crippen molar-refractivity contribution in [2.24, 2.45) is 0 Å². The van der Waals surface area contributed by atoms with Gasteiger partial charge in [-0.2, -0.15) is 10.1 Å². The molecule has 1 aliphatic rings. The molecule has 1 saturated heterocycles. The molecule has 2 aromatic heterocycles. The Morgan fingerprint density at radius 3 is 3.19 bits per heavy atom. The Morgan fingerprint density at radius 2 is 2.43 bits per heavy atom. The number of nitrogens with zero attached hydrogens (tertiary/aromatic N) is 5. The number of aromatic nitrogens is 4. The summed E-state index contributed by atoms with van der Waals surface area (Å²) in [5.41, 5.74) is 0. The van der Waals surface area contributed by atoms with Gasteiger partial charge in [0.1, 0.15) is 0 Å². The second-order valence-electron chi connectivity index (χ2n) is 5.16. The van der Waals surface area contributed by atoms with Crippen LogP contribution in [-0.2, 0) is 13.0 Å². The maximum atomic E-state index is 5.10. The van der Waals surface area contributed by atoms with Crippen LogP contribution in [0, 0.1) is 0 Å². The lowest BCUT2D eigenvalue weighted by Gasteiger charge is -2.25. The van der Waals surface area contributed by atoms with E-state index in [1.54, 1.807) is 6.20 Å². The summed E-state index contributed by atoms with van der Waals surface area (Å²) >= 11 is 0. The van der Waals surface area contributed by atoms with Crippen molar-refractivity contribution in [1.82, 2.24) is 25.7 Å². The molecule has 3 heterocycles. The van der Waals surface area contributed by atoms with E-state index in [4.69, 9.17) is 4.52 Å². The molecule has 112 valence electrons. The minimum atomic E-state index is 0.444. The third-order valence-corrected chi connectivity index (χ3v) is 3.71. The SMILES string of the molecule is CCc1nc(CNCC2CCCN2c2cccnn2)no1. The predicted molar refractivity (Wildman–Crippen MR) is 77.8 cm³/mol. The third-order valence-electron chi connectivity index (χ3n) is 3.71. The highest BCUT2D eigenvalue weighted by Gasteiger charge is 2.25. The molecular formula is C14H20N6O. The number of rotatable bonds is 6. The summed E-state index contributed by atoms with van der Waals surface area (Å²) in [6.07, 6.45) is 4.83. The van der Waals surface area contributed by atoms with Crippen LogP contribution in [0.3, 0.4) is 0 Å². The fourth-order valence-electron chi connectivity index (χ4n) is 2.65. The van der Waals surface area contributed by atoms with Crippen molar-refractivity contribution < 1.29 is 4.52 Å². The van der Waals surface area contributed by atoms with Crippen molar-refractivity contribution in [3.8, 4) is 0 Å². The zero-order chi connectivity index (χ0) is 14.5. The molecule has 0 aliphatic carbocycles. The molecule has 1 fully saturated rings. The molecule has 1 unspecified atom stereocenters. The third kappa shape index (κ3) is 3.36. The van der Waals surface area contributed by atoms with E-state index in [-0.39, 0.29) is 0 Å². The van der Waals surface area contributed by atoms with Gasteiger partial charge in [-0.15, -0.1) is 5.10 Å². The first-order valence-corrected chi connectivity index (χ1v) is 7.43. The van der Waals surface area contributed by atoms with Gasteiger partial charge < -0.3 is 14.7 Å². The van der Waals surface area contributed by atoms with E-state index in [0.29, 0.717) is 18.5 Å². The Hall–Kier alpha value is -2.02. The molecule has 0 saturated carbocycles. The highest BCUT2D eigenvalue weighted by atomic mass is 16.5. The molecule has 1 atom stereocenters. The number of aryl methyl sites for hydroxylation is 1. The van der Waals surface area contributed by atoms with Crippen molar-refractivity contribution in [2.75, 3.05) is 18.0 Å². The Labute approximate surface area is 123 Å². The lowest BCUT2D eigenvalue weighted by molar-refractivity contribution is 0.374. The number of anilines is 1. The summed E-state index contributed by atoms with van der Waals surface area (Å²) in [7, 11) is 0. The maximum absolute atomic E-state index is 5.10. The summed E-state index contributed by atoms with van der Waals surface area (Å²) in [6, 6.07) is 4.38. The number of hydrogen-bond donors (Lipinski definition) is 1. The van der Waals surface area contributed by atoms with Crippen molar-refractivity contribution in [3.63, 3.8) is 0 Å². The minimum Gasteiger partial charge on any atom is -0.351 e. The van der Waals surface area contributed by atoms with E-state index < -0.39 is 0 Å². The summed E-state index contributed by atoms with van der Waals surface area (Å²) in [5, 5.41) is 15.5. The van der Waals surface area contributed by atoms with Crippen LogP contribution in [0.2, 0.25) is 0 Å². The van der Waals surface area contributed by atoms with Crippen molar-refractivity contribution in [1.29, 1.82) is 0 Å². The molecule has 21 heavy (non-hydrogen) atoms. The van der Waals surface area contributed by atoms with Gasteiger partial charge in [0.2, 0.25) is 5.89 Å². The standard InChI is InChI=1S/C14H20N6O/c1-2-14-17-12(19-21-14)10-15-9-11-5-4-8-20(11)13-6-3-7-16-18-13/h3,6-7,11,15H,2,4-5,8-10H2,1H3. The van der Waals surface area contributed by atoms with Gasteiger partial charge in [-0.25, -0.2) is 0 Å². The van der Waals surface area contributed by atoms with E-state index in [2.05, 4.69) is 30.6 Å². The average Bonchev–Trinajstić information content (AvgIpc) is 3.17. The van der Waals surface area contributed by atoms with Gasteiger partial charge in [0.05, 0.1) is 6.54 Å². The van der Waals surface area contributed by atoms with E-state index in [0.717, 1.165) is 37.6 Å². The largest absolute Gasteiger partial charge is 0.351 e. The fraction of sp³-hybridized carbons (Fsp3) is 0.571. The molecule has 0 bridgehead atoms. The highest BCUT2D eigenvalue weighted by Crippen LogP contribution is 2.22. The van der Waals surface area contributed by atoms with Crippen LogP contribution >= 0.6 is 0 Å². The fourth-order valence-corrected chi connectivity index (χ4v) is 2.65. The molecule has 7 nitrogen and oxygen atoms in total. The topological polar surface area (TPSA) is 80.0 Å². The van der Waals surface area contributed by atoms with Crippen LogP contribution in [0.5, 0.6) is 0 Å². The quantitative estimate of drug-likeness (QED) is 0.855. The second kappa shape index (κ2) is 6.62. The Bertz CT molecular complexity index is 558. The lowest BCUT2D eigenvalue weighted by atomic mass is 10.2. The lowest BCUT2D eigenvalue weighted by Crippen LogP contribution is -2.38. The van der Waals surface area contributed by atoms with E-state index >= 15 is 0 Å². The molecule has 0 radical (unpaired) electrons. The first-order valence-electron chi connectivity index (χ1n) is 7.43. The molecule has 7 heteroatoms. The van der Waals surface area contributed by atoms with Gasteiger partial charge in [-0.3, -0.25) is 0 Å². The highest BCUT2D eigenvalue weighted by molar-refractivity contribution is 5.39. The Kier molecular flexibility index (Phi) is 4.40. The first-order chi connectivity index (χ1) is 10.4. The molecule has 0 aromatic carbocycles. The van der Waals surface area contributed by atoms with Gasteiger partial charge >= 0.3 is 0 Å². The van der Waals surface area contributed by atoms with Crippen LogP contribution in [-0.4, -0.2) is 39.5 Å². The van der Waals surface area contributed by atoms with Crippen LogP contribution in [0.15, 0.2) is 22.9 Å². The van der Waals surface area contributed by atoms with Crippen LogP contribution in [0.25, 0.3) is 0 Å². The molecule has 1 N–H and O–H groups in total. The van der Waals surface area contributed by atoms with Crippen molar-refractivity contribution in [2.45, 2.75) is 38.8 Å². The van der Waals surface area contributed by atoms with Crippen molar-refractivity contribution in [3.05, 3.63) is 30.0 Å². The van der Waals surface area contributed by atoms with Crippen LogP contribution in [0.4, 0.5) is 5.82 Å². The van der Waals surface area contributed by atoms with Crippen LogP contribution < -0.4 is 10.2 Å². The van der Waals surface area contributed by atoms with E-state index in [9.17, 15) is 0 Å². The predicted octanol–water partition coefficient (Wildman–Crippen LogP) is 1.18. The van der Waals surface area contributed by atoms with Gasteiger partial charge in [0.15, 0.2) is 11.6 Å². The Morgan fingerprint density at radius 1 is 1.48 bits per heavy atom. The molecule has 1 aliphatic heterocycles. The van der Waals surface area contributed by atoms with Gasteiger partial charge in [0, 0.05) is 31.7 Å². The normalized spacial score (nSPS) is 18.3. The van der Waals surface area contributed by atoms with Gasteiger partial charge in [-0.05, 0) is 25.0 Å². The molecular weight excluding hydrogens is 268 g/mol. The maximum Gasteiger partial charge on any atom is 0.226 e. The minimum absolute atomic E-state index is 0.444. The zero-order valence-corrected chi connectivity index (χ0v) is 12.2.